The molecule has 2 N–H and O–H groups in total. The minimum absolute atomic E-state index is 0.0378. The minimum atomic E-state index is -0.262. The van der Waals surface area contributed by atoms with Crippen LogP contribution >= 0.6 is 11.3 Å². The van der Waals surface area contributed by atoms with Gasteiger partial charge in [0.1, 0.15) is 5.75 Å². The summed E-state index contributed by atoms with van der Waals surface area (Å²) in [4.78, 5) is 30.4. The number of rotatable bonds is 6. The first-order valence-corrected chi connectivity index (χ1v) is 9.27. The van der Waals surface area contributed by atoms with Gasteiger partial charge in [0, 0.05) is 17.0 Å². The molecule has 0 saturated carbocycles. The van der Waals surface area contributed by atoms with Gasteiger partial charge in [-0.3, -0.25) is 14.9 Å². The Morgan fingerprint density at radius 1 is 1.38 bits per heavy atom. The predicted octanol–water partition coefficient (Wildman–Crippen LogP) is 3.13. The van der Waals surface area contributed by atoms with Gasteiger partial charge in [-0.1, -0.05) is 6.08 Å². The first-order chi connectivity index (χ1) is 12.6. The third-order valence-electron chi connectivity index (χ3n) is 4.26. The van der Waals surface area contributed by atoms with E-state index in [1.807, 2.05) is 0 Å². The Bertz CT molecular complexity index is 814. The zero-order chi connectivity index (χ0) is 18.5. The van der Waals surface area contributed by atoms with Crippen molar-refractivity contribution in [3.63, 3.8) is 0 Å². The van der Waals surface area contributed by atoms with Crippen LogP contribution in [0.2, 0.25) is 0 Å². The number of aromatic nitrogens is 1. The zero-order valence-electron chi connectivity index (χ0n) is 14.6. The molecule has 0 spiro atoms. The number of fused-ring (bicyclic) bond motifs is 1. The molecule has 0 radical (unpaired) electrons. The van der Waals surface area contributed by atoms with Crippen LogP contribution in [0.1, 0.15) is 39.7 Å². The first kappa shape index (κ1) is 18.1. The summed E-state index contributed by atoms with van der Waals surface area (Å²) in [5.74, 6) is 0.164. The molecular formula is C19H21N3O3S. The highest BCUT2D eigenvalue weighted by Crippen LogP contribution is 2.37. The number of aryl methyl sites for hydroxylation is 1. The number of benzene rings is 1. The molecule has 0 saturated heterocycles. The van der Waals surface area contributed by atoms with Gasteiger partial charge >= 0.3 is 0 Å². The number of hydrogen-bond acceptors (Lipinski definition) is 5. The molecule has 1 unspecified atom stereocenters. The average molecular weight is 371 g/mol. The molecule has 26 heavy (non-hydrogen) atoms. The molecule has 7 heteroatoms. The van der Waals surface area contributed by atoms with Crippen molar-refractivity contribution in [3.05, 3.63) is 53.1 Å². The SMILES string of the molecule is C=CCNC(=O)C1CCCc2sc(NC(=O)c3ccc(OC)cc3)nc21. The van der Waals surface area contributed by atoms with Crippen molar-refractivity contribution in [2.75, 3.05) is 19.0 Å². The molecule has 6 nitrogen and oxygen atoms in total. The molecular weight excluding hydrogens is 350 g/mol. The number of methoxy groups -OCH3 is 1. The second-order valence-electron chi connectivity index (χ2n) is 5.99. The number of nitrogens with one attached hydrogen (secondary N) is 2. The summed E-state index contributed by atoms with van der Waals surface area (Å²) in [6.07, 6.45) is 4.25. The first-order valence-electron chi connectivity index (χ1n) is 8.46. The Labute approximate surface area is 156 Å². The van der Waals surface area contributed by atoms with Crippen LogP contribution in [0.25, 0.3) is 0 Å². The molecule has 1 aliphatic carbocycles. The molecule has 3 rings (SSSR count). The molecule has 0 aliphatic heterocycles. The van der Waals surface area contributed by atoms with Crippen molar-refractivity contribution in [1.82, 2.24) is 10.3 Å². The third kappa shape index (κ3) is 3.94. The monoisotopic (exact) mass is 371 g/mol. The van der Waals surface area contributed by atoms with Crippen molar-refractivity contribution < 1.29 is 14.3 Å². The molecule has 2 aromatic rings. The van der Waals surface area contributed by atoms with Crippen LogP contribution in [0.4, 0.5) is 5.13 Å². The molecule has 1 aromatic heterocycles. The van der Waals surface area contributed by atoms with Gasteiger partial charge < -0.3 is 10.1 Å². The molecule has 0 bridgehead atoms. The molecule has 136 valence electrons. The van der Waals surface area contributed by atoms with Gasteiger partial charge in [-0.05, 0) is 43.5 Å². The average Bonchev–Trinajstić information content (AvgIpc) is 3.08. The van der Waals surface area contributed by atoms with Crippen molar-refractivity contribution in [3.8, 4) is 5.75 Å². The standard InChI is InChI=1S/C19H21N3O3S/c1-3-11-20-18(24)14-5-4-6-15-16(14)21-19(26-15)22-17(23)12-7-9-13(25-2)10-8-12/h3,7-10,14H,1,4-6,11H2,2H3,(H,20,24)(H,21,22,23). The number of carbonyl (C=O) groups excluding carboxylic acids is 2. The summed E-state index contributed by atoms with van der Waals surface area (Å²) in [5.41, 5.74) is 1.31. The third-order valence-corrected chi connectivity index (χ3v) is 5.31. The highest BCUT2D eigenvalue weighted by atomic mass is 32.1. The van der Waals surface area contributed by atoms with Crippen LogP contribution in [0.15, 0.2) is 36.9 Å². The maximum atomic E-state index is 12.4. The summed E-state index contributed by atoms with van der Waals surface area (Å²) in [5, 5.41) is 6.20. The van der Waals surface area contributed by atoms with E-state index in [1.54, 1.807) is 37.5 Å². The van der Waals surface area contributed by atoms with Crippen LogP contribution in [-0.4, -0.2) is 30.5 Å². The van der Waals surface area contributed by atoms with Gasteiger partial charge in [-0.25, -0.2) is 4.98 Å². The van der Waals surface area contributed by atoms with E-state index in [-0.39, 0.29) is 17.7 Å². The Morgan fingerprint density at radius 3 is 2.85 bits per heavy atom. The van der Waals surface area contributed by atoms with Crippen molar-refractivity contribution in [1.29, 1.82) is 0 Å². The van der Waals surface area contributed by atoms with E-state index >= 15 is 0 Å². The molecule has 1 atom stereocenters. The normalized spacial score (nSPS) is 15.7. The Kier molecular flexibility index (Phi) is 5.68. The largest absolute Gasteiger partial charge is 0.497 e. The van der Waals surface area contributed by atoms with E-state index in [0.717, 1.165) is 29.8 Å². The molecule has 1 heterocycles. The van der Waals surface area contributed by atoms with Crippen LogP contribution in [0.5, 0.6) is 5.75 Å². The van der Waals surface area contributed by atoms with E-state index in [0.29, 0.717) is 23.0 Å². The molecule has 1 aliphatic rings. The quantitative estimate of drug-likeness (QED) is 0.765. The lowest BCUT2D eigenvalue weighted by atomic mass is 9.90. The van der Waals surface area contributed by atoms with Crippen molar-refractivity contribution >= 4 is 28.3 Å². The van der Waals surface area contributed by atoms with E-state index in [4.69, 9.17) is 4.74 Å². The highest BCUT2D eigenvalue weighted by Gasteiger charge is 2.30. The van der Waals surface area contributed by atoms with Crippen LogP contribution < -0.4 is 15.4 Å². The number of hydrogen-bond donors (Lipinski definition) is 2. The second-order valence-corrected chi connectivity index (χ2v) is 7.07. The fourth-order valence-corrected chi connectivity index (χ4v) is 3.99. The van der Waals surface area contributed by atoms with Gasteiger partial charge in [0.05, 0.1) is 18.7 Å². The van der Waals surface area contributed by atoms with Gasteiger partial charge in [-0.15, -0.1) is 17.9 Å². The topological polar surface area (TPSA) is 80.3 Å². The number of carbonyl (C=O) groups is 2. The number of amides is 2. The Hall–Kier alpha value is -2.67. The van der Waals surface area contributed by atoms with Gasteiger partial charge in [0.15, 0.2) is 5.13 Å². The lowest BCUT2D eigenvalue weighted by Gasteiger charge is -2.19. The van der Waals surface area contributed by atoms with E-state index < -0.39 is 0 Å². The second kappa shape index (κ2) is 8.14. The van der Waals surface area contributed by atoms with Crippen LogP contribution in [0, 0.1) is 0 Å². The number of thiazole rings is 1. The number of nitrogens with zero attached hydrogens (tertiary/aromatic N) is 1. The van der Waals surface area contributed by atoms with Crippen molar-refractivity contribution in [2.24, 2.45) is 0 Å². The van der Waals surface area contributed by atoms with Crippen LogP contribution in [-0.2, 0) is 11.2 Å². The smallest absolute Gasteiger partial charge is 0.257 e. The highest BCUT2D eigenvalue weighted by molar-refractivity contribution is 7.15. The van der Waals surface area contributed by atoms with Gasteiger partial charge in [0.2, 0.25) is 5.91 Å². The molecule has 2 amide bonds. The Morgan fingerprint density at radius 2 is 2.15 bits per heavy atom. The van der Waals surface area contributed by atoms with Gasteiger partial charge in [0.25, 0.3) is 5.91 Å². The Balaban J connectivity index is 1.74. The van der Waals surface area contributed by atoms with Crippen molar-refractivity contribution in [2.45, 2.75) is 25.2 Å². The zero-order valence-corrected chi connectivity index (χ0v) is 15.4. The molecule has 0 fully saturated rings. The maximum absolute atomic E-state index is 12.4. The summed E-state index contributed by atoms with van der Waals surface area (Å²) in [6, 6.07) is 6.88. The summed E-state index contributed by atoms with van der Waals surface area (Å²) < 4.78 is 5.10. The maximum Gasteiger partial charge on any atom is 0.257 e. The number of ether oxygens (including phenoxy) is 1. The fourth-order valence-electron chi connectivity index (χ4n) is 2.93. The van der Waals surface area contributed by atoms with Gasteiger partial charge in [-0.2, -0.15) is 0 Å². The summed E-state index contributed by atoms with van der Waals surface area (Å²) in [6.45, 7) is 4.06. The van der Waals surface area contributed by atoms with E-state index in [1.165, 1.54) is 11.3 Å². The lowest BCUT2D eigenvalue weighted by Crippen LogP contribution is -2.31. The molecule has 1 aromatic carbocycles. The van der Waals surface area contributed by atoms with E-state index in [9.17, 15) is 9.59 Å². The van der Waals surface area contributed by atoms with Crippen LogP contribution in [0.3, 0.4) is 0 Å². The lowest BCUT2D eigenvalue weighted by molar-refractivity contribution is -0.122. The minimum Gasteiger partial charge on any atom is -0.497 e. The fraction of sp³-hybridized carbons (Fsp3) is 0.316. The summed E-state index contributed by atoms with van der Waals surface area (Å²) in [7, 11) is 1.58. The number of anilines is 1. The van der Waals surface area contributed by atoms with E-state index in [2.05, 4.69) is 22.2 Å². The summed E-state index contributed by atoms with van der Waals surface area (Å²) >= 11 is 1.44. The predicted molar refractivity (Wildman–Crippen MR) is 102 cm³/mol.